The fraction of sp³-hybridized carbons (Fsp3) is 0.222. The smallest absolute Gasteiger partial charge is 0.416 e. The van der Waals surface area contributed by atoms with E-state index in [1.807, 2.05) is 6.92 Å². The zero-order chi connectivity index (χ0) is 20.0. The third kappa shape index (κ3) is 5.46. The Bertz CT molecular complexity index is 854. The predicted octanol–water partition coefficient (Wildman–Crippen LogP) is 4.64. The van der Waals surface area contributed by atoms with Crippen molar-refractivity contribution in [3.05, 3.63) is 57.6 Å². The van der Waals surface area contributed by atoms with Crippen molar-refractivity contribution in [1.82, 2.24) is 5.43 Å². The molecular weight excluding hydrogens is 429 g/mol. The normalized spacial score (nSPS) is 11.5. The third-order valence-electron chi connectivity index (χ3n) is 3.40. The highest BCUT2D eigenvalue weighted by Gasteiger charge is 2.30. The van der Waals surface area contributed by atoms with E-state index < -0.39 is 17.6 Å². The van der Waals surface area contributed by atoms with Crippen LogP contribution in [0.5, 0.6) is 11.5 Å². The first-order chi connectivity index (χ1) is 12.8. The molecule has 9 heteroatoms. The fourth-order valence-electron chi connectivity index (χ4n) is 2.14. The molecule has 0 aliphatic heterocycles. The minimum atomic E-state index is -4.52. The van der Waals surface area contributed by atoms with Crippen LogP contribution < -0.4 is 14.9 Å². The maximum absolute atomic E-state index is 12.7. The minimum absolute atomic E-state index is 0.147. The summed E-state index contributed by atoms with van der Waals surface area (Å²) in [4.78, 5) is 12.0. The number of halogens is 4. The van der Waals surface area contributed by atoms with E-state index in [0.29, 0.717) is 28.1 Å². The topological polar surface area (TPSA) is 59.9 Å². The number of alkyl halides is 3. The lowest BCUT2D eigenvalue weighted by Gasteiger charge is -2.11. The highest BCUT2D eigenvalue weighted by Crippen LogP contribution is 2.33. The van der Waals surface area contributed by atoms with Crippen molar-refractivity contribution < 1.29 is 27.4 Å². The monoisotopic (exact) mass is 444 g/mol. The highest BCUT2D eigenvalue weighted by atomic mass is 79.9. The van der Waals surface area contributed by atoms with E-state index in [2.05, 4.69) is 26.5 Å². The molecule has 0 aliphatic rings. The highest BCUT2D eigenvalue weighted by molar-refractivity contribution is 9.10. The summed E-state index contributed by atoms with van der Waals surface area (Å²) in [5.74, 6) is 0.259. The van der Waals surface area contributed by atoms with Crippen LogP contribution in [-0.4, -0.2) is 25.8 Å². The molecule has 0 saturated heterocycles. The van der Waals surface area contributed by atoms with Crippen molar-refractivity contribution in [3.8, 4) is 11.5 Å². The van der Waals surface area contributed by atoms with Gasteiger partial charge in [-0.05, 0) is 53.2 Å². The van der Waals surface area contributed by atoms with Gasteiger partial charge in [-0.2, -0.15) is 18.3 Å². The van der Waals surface area contributed by atoms with Gasteiger partial charge >= 0.3 is 6.18 Å². The molecule has 2 aromatic rings. The van der Waals surface area contributed by atoms with E-state index >= 15 is 0 Å². The van der Waals surface area contributed by atoms with Gasteiger partial charge in [0, 0.05) is 15.6 Å². The minimum Gasteiger partial charge on any atom is -0.493 e. The van der Waals surface area contributed by atoms with Gasteiger partial charge in [0.15, 0.2) is 11.5 Å². The Morgan fingerprint density at radius 3 is 2.63 bits per heavy atom. The Labute approximate surface area is 162 Å². The summed E-state index contributed by atoms with van der Waals surface area (Å²) in [6, 6.07) is 7.44. The van der Waals surface area contributed by atoms with Crippen LogP contribution in [-0.2, 0) is 6.18 Å². The van der Waals surface area contributed by atoms with E-state index in [0.717, 1.165) is 18.2 Å². The van der Waals surface area contributed by atoms with E-state index in [1.165, 1.54) is 19.4 Å². The molecule has 1 N–H and O–H groups in total. The number of hydrogen-bond donors (Lipinski definition) is 1. The van der Waals surface area contributed by atoms with E-state index in [4.69, 9.17) is 9.47 Å². The van der Waals surface area contributed by atoms with Gasteiger partial charge in [-0.15, -0.1) is 0 Å². The third-order valence-corrected chi connectivity index (χ3v) is 4.09. The number of benzene rings is 2. The van der Waals surface area contributed by atoms with Crippen LogP contribution in [0.3, 0.4) is 0 Å². The molecule has 0 atom stereocenters. The lowest BCUT2D eigenvalue weighted by atomic mass is 10.1. The number of methoxy groups -OCH3 is 1. The van der Waals surface area contributed by atoms with Gasteiger partial charge in [0.05, 0.1) is 25.5 Å². The first kappa shape index (κ1) is 20.8. The average molecular weight is 445 g/mol. The van der Waals surface area contributed by atoms with Crippen molar-refractivity contribution in [2.75, 3.05) is 13.7 Å². The molecule has 0 bridgehead atoms. The first-order valence-electron chi connectivity index (χ1n) is 7.77. The maximum Gasteiger partial charge on any atom is 0.416 e. The summed E-state index contributed by atoms with van der Waals surface area (Å²) in [6.07, 6.45) is -3.18. The fourth-order valence-corrected chi connectivity index (χ4v) is 2.56. The molecular formula is C18H16BrF3N2O3. The van der Waals surface area contributed by atoms with Crippen molar-refractivity contribution in [2.45, 2.75) is 13.1 Å². The van der Waals surface area contributed by atoms with Gasteiger partial charge in [0.1, 0.15) is 0 Å². The first-order valence-corrected chi connectivity index (χ1v) is 8.56. The lowest BCUT2D eigenvalue weighted by Crippen LogP contribution is -2.18. The molecule has 0 radical (unpaired) electrons. The van der Waals surface area contributed by atoms with E-state index in [9.17, 15) is 18.0 Å². The van der Waals surface area contributed by atoms with Crippen LogP contribution in [0.2, 0.25) is 0 Å². The Hall–Kier alpha value is -2.55. The van der Waals surface area contributed by atoms with Crippen LogP contribution in [0.4, 0.5) is 13.2 Å². The standard InChI is InChI=1S/C18H16BrF3N2O3/c1-3-27-16-8-12(14(19)9-15(16)26-2)10-23-24-17(25)11-5-4-6-13(7-11)18(20,21)22/h4-10H,3H2,1-2H3,(H,24,25)/b23-10-. The lowest BCUT2D eigenvalue weighted by molar-refractivity contribution is -0.137. The van der Waals surface area contributed by atoms with Gasteiger partial charge in [0.2, 0.25) is 0 Å². The maximum atomic E-state index is 12.7. The molecule has 0 unspecified atom stereocenters. The van der Waals surface area contributed by atoms with E-state index in [-0.39, 0.29) is 5.56 Å². The molecule has 5 nitrogen and oxygen atoms in total. The van der Waals surface area contributed by atoms with Crippen molar-refractivity contribution in [1.29, 1.82) is 0 Å². The van der Waals surface area contributed by atoms with Crippen molar-refractivity contribution in [2.24, 2.45) is 5.10 Å². The number of nitrogens with one attached hydrogen (secondary N) is 1. The Morgan fingerprint density at radius 2 is 2.00 bits per heavy atom. The number of ether oxygens (including phenoxy) is 2. The molecule has 1 amide bonds. The largest absolute Gasteiger partial charge is 0.493 e. The average Bonchev–Trinajstić information content (AvgIpc) is 2.63. The number of nitrogens with zero attached hydrogens (tertiary/aromatic N) is 1. The second kappa shape index (κ2) is 8.90. The summed E-state index contributed by atoms with van der Waals surface area (Å²) in [7, 11) is 1.51. The van der Waals surface area contributed by atoms with Crippen LogP contribution in [0.1, 0.15) is 28.4 Å². The molecule has 0 saturated carbocycles. The molecule has 0 fully saturated rings. The molecule has 27 heavy (non-hydrogen) atoms. The van der Waals surface area contributed by atoms with Crippen molar-refractivity contribution in [3.63, 3.8) is 0 Å². The van der Waals surface area contributed by atoms with Crippen LogP contribution in [0, 0.1) is 0 Å². The molecule has 144 valence electrons. The van der Waals surface area contributed by atoms with Gasteiger partial charge in [-0.25, -0.2) is 5.43 Å². The Kier molecular flexibility index (Phi) is 6.84. The van der Waals surface area contributed by atoms with Gasteiger partial charge < -0.3 is 9.47 Å². The number of amides is 1. The summed E-state index contributed by atoms with van der Waals surface area (Å²) in [6.45, 7) is 2.26. The summed E-state index contributed by atoms with van der Waals surface area (Å²) >= 11 is 3.35. The molecule has 2 rings (SSSR count). The molecule has 0 spiro atoms. The summed E-state index contributed by atoms with van der Waals surface area (Å²) in [5.41, 5.74) is 1.74. The summed E-state index contributed by atoms with van der Waals surface area (Å²) < 4.78 is 49.5. The Morgan fingerprint density at radius 1 is 1.26 bits per heavy atom. The van der Waals surface area contributed by atoms with Crippen LogP contribution in [0.25, 0.3) is 0 Å². The van der Waals surface area contributed by atoms with Crippen LogP contribution in [0.15, 0.2) is 46.0 Å². The number of hydrazone groups is 1. The second-order valence-corrected chi connectivity index (χ2v) is 6.09. The zero-order valence-corrected chi connectivity index (χ0v) is 16.0. The molecule has 0 aliphatic carbocycles. The zero-order valence-electron chi connectivity index (χ0n) is 14.4. The number of carbonyl (C=O) groups excluding carboxylic acids is 1. The van der Waals surface area contributed by atoms with Gasteiger partial charge in [0.25, 0.3) is 5.91 Å². The SMILES string of the molecule is CCOc1cc(/C=N\NC(=O)c2cccc(C(F)(F)F)c2)c(Br)cc1OC. The quantitative estimate of drug-likeness (QED) is 0.521. The number of rotatable bonds is 6. The van der Waals surface area contributed by atoms with Crippen LogP contribution >= 0.6 is 15.9 Å². The molecule has 0 heterocycles. The van der Waals surface area contributed by atoms with Crippen molar-refractivity contribution >= 4 is 28.1 Å². The predicted molar refractivity (Wildman–Crippen MR) is 98.4 cm³/mol. The van der Waals surface area contributed by atoms with Gasteiger partial charge in [-0.3, -0.25) is 4.79 Å². The molecule has 2 aromatic carbocycles. The Balaban J connectivity index is 2.15. The number of carbonyl (C=O) groups is 1. The second-order valence-electron chi connectivity index (χ2n) is 5.24. The van der Waals surface area contributed by atoms with Gasteiger partial charge in [-0.1, -0.05) is 6.07 Å². The van der Waals surface area contributed by atoms with E-state index in [1.54, 1.807) is 12.1 Å². The number of hydrogen-bond acceptors (Lipinski definition) is 4. The summed E-state index contributed by atoms with van der Waals surface area (Å²) in [5, 5.41) is 3.80. The molecule has 0 aromatic heterocycles.